The van der Waals surface area contributed by atoms with Crippen molar-refractivity contribution in [2.75, 3.05) is 21.3 Å². The van der Waals surface area contributed by atoms with E-state index in [0.29, 0.717) is 34.1 Å². The van der Waals surface area contributed by atoms with Gasteiger partial charge >= 0.3 is 5.97 Å². The summed E-state index contributed by atoms with van der Waals surface area (Å²) in [5, 5.41) is 9.84. The Bertz CT molecular complexity index is 1340. The Labute approximate surface area is 200 Å². The summed E-state index contributed by atoms with van der Waals surface area (Å²) in [5.74, 6) is -0.0873. The molecule has 1 heterocycles. The number of methoxy groups -OCH3 is 3. The van der Waals surface area contributed by atoms with Gasteiger partial charge < -0.3 is 29.4 Å². The van der Waals surface area contributed by atoms with E-state index in [1.165, 1.54) is 51.7 Å². The van der Waals surface area contributed by atoms with Gasteiger partial charge in [-0.05, 0) is 48.0 Å². The van der Waals surface area contributed by atoms with E-state index in [9.17, 15) is 14.4 Å². The van der Waals surface area contributed by atoms with Crippen molar-refractivity contribution in [2.45, 2.75) is 5.92 Å². The van der Waals surface area contributed by atoms with Crippen molar-refractivity contribution in [3.8, 4) is 34.8 Å². The highest BCUT2D eigenvalue weighted by Gasteiger charge is 2.32. The van der Waals surface area contributed by atoms with Crippen molar-refractivity contribution < 1.29 is 32.9 Å². The van der Waals surface area contributed by atoms with Crippen LogP contribution in [0.25, 0.3) is 0 Å². The molecular weight excluding hydrogens is 455 g/mol. The number of fused-ring (bicyclic) bond motifs is 1. The van der Waals surface area contributed by atoms with Crippen LogP contribution >= 0.6 is 0 Å². The van der Waals surface area contributed by atoms with Crippen LogP contribution in [0, 0.1) is 17.1 Å². The van der Waals surface area contributed by atoms with E-state index in [2.05, 4.69) is 6.07 Å². The first-order valence-corrected chi connectivity index (χ1v) is 10.4. The van der Waals surface area contributed by atoms with Gasteiger partial charge in [-0.15, -0.1) is 0 Å². The first kappa shape index (κ1) is 23.4. The van der Waals surface area contributed by atoms with Gasteiger partial charge in [0, 0.05) is 11.6 Å². The number of halogens is 1. The molecule has 0 fully saturated rings. The van der Waals surface area contributed by atoms with Crippen LogP contribution in [0.2, 0.25) is 0 Å². The second kappa shape index (κ2) is 9.65. The number of nitrogens with zero attached hydrogens (tertiary/aromatic N) is 1. The zero-order valence-corrected chi connectivity index (χ0v) is 19.1. The molecule has 4 rings (SSSR count). The molecule has 1 unspecified atom stereocenters. The van der Waals surface area contributed by atoms with Gasteiger partial charge in [0.15, 0.2) is 11.5 Å². The number of hydrogen-bond acceptors (Lipinski definition) is 8. The molecule has 0 saturated carbocycles. The van der Waals surface area contributed by atoms with Crippen LogP contribution in [-0.2, 0) is 0 Å². The minimum absolute atomic E-state index is 0.0826. The number of carbonyl (C=O) groups excluding carboxylic acids is 1. The highest BCUT2D eigenvalue weighted by Crippen LogP contribution is 2.47. The standard InChI is InChI=1S/C26H21FN2O6/c1-31-21-10-15(11-22(32-2)24(21)33-3)23-18-9-8-17(12-20(18)35-25(29)19(23)13-28)34-26(30)14-4-6-16(27)7-5-14/h4-12,23H,29H2,1-3H3. The molecule has 2 N–H and O–H groups in total. The number of esters is 1. The third kappa shape index (κ3) is 4.42. The molecule has 1 aliphatic rings. The predicted octanol–water partition coefficient (Wildman–Crippen LogP) is 4.29. The summed E-state index contributed by atoms with van der Waals surface area (Å²) < 4.78 is 40.6. The van der Waals surface area contributed by atoms with Crippen molar-refractivity contribution in [2.24, 2.45) is 5.73 Å². The highest BCUT2D eigenvalue weighted by atomic mass is 19.1. The molecule has 8 nitrogen and oxygen atoms in total. The lowest BCUT2D eigenvalue weighted by Gasteiger charge is -2.27. The minimum atomic E-state index is -0.664. The fourth-order valence-corrected chi connectivity index (χ4v) is 3.86. The SMILES string of the molecule is COc1cc(C2C(C#N)=C(N)Oc3cc(OC(=O)c4ccc(F)cc4)ccc32)cc(OC)c1OC. The summed E-state index contributed by atoms with van der Waals surface area (Å²) in [5.41, 5.74) is 7.74. The summed E-state index contributed by atoms with van der Waals surface area (Å²) in [6.07, 6.45) is 0. The fraction of sp³-hybridized carbons (Fsp3) is 0.154. The number of nitrogens with two attached hydrogens (primary N) is 1. The summed E-state index contributed by atoms with van der Waals surface area (Å²) in [7, 11) is 4.49. The number of rotatable bonds is 6. The molecule has 35 heavy (non-hydrogen) atoms. The zero-order chi connectivity index (χ0) is 25.1. The Morgan fingerprint density at radius 2 is 1.66 bits per heavy atom. The van der Waals surface area contributed by atoms with Crippen LogP contribution in [0.15, 0.2) is 66.1 Å². The molecular formula is C26H21FN2O6. The average Bonchev–Trinajstić information content (AvgIpc) is 2.87. The minimum Gasteiger partial charge on any atom is -0.493 e. The average molecular weight is 476 g/mol. The van der Waals surface area contributed by atoms with Crippen molar-refractivity contribution in [3.63, 3.8) is 0 Å². The van der Waals surface area contributed by atoms with Crippen molar-refractivity contribution in [1.82, 2.24) is 0 Å². The maximum absolute atomic E-state index is 13.1. The largest absolute Gasteiger partial charge is 0.493 e. The Balaban J connectivity index is 1.75. The van der Waals surface area contributed by atoms with E-state index >= 15 is 0 Å². The molecule has 0 spiro atoms. The highest BCUT2D eigenvalue weighted by molar-refractivity contribution is 5.91. The number of benzene rings is 3. The normalized spacial score (nSPS) is 14.3. The molecule has 0 amide bonds. The van der Waals surface area contributed by atoms with Crippen molar-refractivity contribution in [1.29, 1.82) is 5.26 Å². The quantitative estimate of drug-likeness (QED) is 0.414. The van der Waals surface area contributed by atoms with Crippen LogP contribution in [0.3, 0.4) is 0 Å². The van der Waals surface area contributed by atoms with Crippen LogP contribution in [0.5, 0.6) is 28.7 Å². The maximum Gasteiger partial charge on any atom is 0.343 e. The molecule has 3 aromatic carbocycles. The lowest BCUT2D eigenvalue weighted by Crippen LogP contribution is -2.21. The van der Waals surface area contributed by atoms with Crippen LogP contribution < -0.4 is 29.4 Å². The van der Waals surface area contributed by atoms with Crippen LogP contribution in [-0.4, -0.2) is 27.3 Å². The molecule has 0 aliphatic carbocycles. The Kier molecular flexibility index (Phi) is 6.46. The Hall–Kier alpha value is -4.71. The molecule has 1 aliphatic heterocycles. The molecule has 0 saturated heterocycles. The van der Waals surface area contributed by atoms with E-state index in [4.69, 9.17) is 29.4 Å². The molecule has 178 valence electrons. The monoisotopic (exact) mass is 476 g/mol. The van der Waals surface area contributed by atoms with Gasteiger partial charge in [0.1, 0.15) is 29.0 Å². The van der Waals surface area contributed by atoms with E-state index < -0.39 is 17.7 Å². The van der Waals surface area contributed by atoms with Gasteiger partial charge in [-0.2, -0.15) is 5.26 Å². The first-order valence-electron chi connectivity index (χ1n) is 10.4. The molecule has 0 aromatic heterocycles. The van der Waals surface area contributed by atoms with Crippen molar-refractivity contribution in [3.05, 3.63) is 88.6 Å². The number of hydrogen-bond donors (Lipinski definition) is 1. The van der Waals surface area contributed by atoms with Crippen LogP contribution in [0.1, 0.15) is 27.4 Å². The van der Waals surface area contributed by atoms with Gasteiger partial charge in [0.05, 0.1) is 32.8 Å². The van der Waals surface area contributed by atoms with Gasteiger partial charge in [0.25, 0.3) is 0 Å². The third-order valence-electron chi connectivity index (χ3n) is 5.50. The number of ether oxygens (including phenoxy) is 5. The van der Waals surface area contributed by atoms with E-state index in [0.717, 1.165) is 0 Å². The van der Waals surface area contributed by atoms with E-state index in [-0.39, 0.29) is 22.8 Å². The topological polar surface area (TPSA) is 113 Å². The summed E-state index contributed by atoms with van der Waals surface area (Å²) in [6.45, 7) is 0. The summed E-state index contributed by atoms with van der Waals surface area (Å²) in [4.78, 5) is 12.4. The van der Waals surface area contributed by atoms with E-state index in [1.807, 2.05) is 0 Å². The van der Waals surface area contributed by atoms with Gasteiger partial charge in [-0.25, -0.2) is 9.18 Å². The summed E-state index contributed by atoms with van der Waals surface area (Å²) >= 11 is 0. The lowest BCUT2D eigenvalue weighted by atomic mass is 9.83. The molecule has 1 atom stereocenters. The maximum atomic E-state index is 13.1. The molecule has 0 radical (unpaired) electrons. The second-order valence-electron chi connectivity index (χ2n) is 7.48. The van der Waals surface area contributed by atoms with Gasteiger partial charge in [-0.1, -0.05) is 6.07 Å². The number of carbonyl (C=O) groups is 1. The van der Waals surface area contributed by atoms with Gasteiger partial charge in [-0.3, -0.25) is 0 Å². The Morgan fingerprint density at radius 3 is 2.23 bits per heavy atom. The third-order valence-corrected chi connectivity index (χ3v) is 5.50. The van der Waals surface area contributed by atoms with Crippen molar-refractivity contribution >= 4 is 5.97 Å². The molecule has 3 aromatic rings. The smallest absolute Gasteiger partial charge is 0.343 e. The summed E-state index contributed by atoms with van der Waals surface area (Å²) in [6, 6.07) is 15.3. The number of allylic oxidation sites excluding steroid dienone is 1. The first-order chi connectivity index (χ1) is 16.9. The van der Waals surface area contributed by atoms with Crippen LogP contribution in [0.4, 0.5) is 4.39 Å². The molecule has 0 bridgehead atoms. The zero-order valence-electron chi connectivity index (χ0n) is 19.1. The second-order valence-corrected chi connectivity index (χ2v) is 7.48. The lowest BCUT2D eigenvalue weighted by molar-refractivity contribution is 0.0734. The number of nitriles is 1. The predicted molar refractivity (Wildman–Crippen MR) is 123 cm³/mol. The Morgan fingerprint density at radius 1 is 1.00 bits per heavy atom. The molecule has 9 heteroatoms. The van der Waals surface area contributed by atoms with E-state index in [1.54, 1.807) is 24.3 Å². The fourth-order valence-electron chi connectivity index (χ4n) is 3.86. The van der Waals surface area contributed by atoms with Gasteiger partial charge in [0.2, 0.25) is 11.6 Å².